The van der Waals surface area contributed by atoms with Crippen LogP contribution in [0.5, 0.6) is 5.75 Å². The van der Waals surface area contributed by atoms with Crippen molar-refractivity contribution < 1.29 is 26.8 Å². The molecule has 9 heteroatoms. The highest BCUT2D eigenvalue weighted by Gasteiger charge is 2.15. The van der Waals surface area contributed by atoms with Crippen LogP contribution in [0, 0.1) is 5.82 Å². The molecule has 0 unspecified atom stereocenters. The van der Waals surface area contributed by atoms with E-state index in [9.17, 15) is 17.6 Å². The van der Waals surface area contributed by atoms with Crippen molar-refractivity contribution in [3.8, 4) is 16.9 Å². The van der Waals surface area contributed by atoms with Gasteiger partial charge in [-0.1, -0.05) is 18.2 Å². The van der Waals surface area contributed by atoms with Crippen molar-refractivity contribution in [2.45, 2.75) is 6.92 Å². The van der Waals surface area contributed by atoms with Crippen molar-refractivity contribution in [1.82, 2.24) is 0 Å². The van der Waals surface area contributed by atoms with Gasteiger partial charge in [-0.3, -0.25) is 9.52 Å². The Morgan fingerprint density at radius 1 is 1.06 bits per heavy atom. The summed E-state index contributed by atoms with van der Waals surface area (Å²) in [7, 11) is -1.91. The van der Waals surface area contributed by atoms with Gasteiger partial charge in [0.15, 0.2) is 0 Å². The lowest BCUT2D eigenvalue weighted by atomic mass is 9.99. The Bertz CT molecular complexity index is 1540. The molecule has 1 aromatic heterocycles. The Hall–Kier alpha value is -4.11. The van der Waals surface area contributed by atoms with Crippen LogP contribution in [0.1, 0.15) is 12.5 Å². The summed E-state index contributed by atoms with van der Waals surface area (Å²) < 4.78 is 49.9. The standard InChI is InChI=1S/C26H23FN2O5S/c1-16(11-26(30)28-19-5-4-6-20(12-19)29-35(3,31)32)21-13-22-23(17-7-9-18(27)10-8-17)15-34-25(22)14-24(21)33-2/h4-15,29H,1-3H3,(H,28,30)/b16-11+. The summed E-state index contributed by atoms with van der Waals surface area (Å²) in [5, 5.41) is 3.53. The van der Waals surface area contributed by atoms with Gasteiger partial charge in [0.25, 0.3) is 0 Å². The molecular formula is C26H23FN2O5S. The maximum Gasteiger partial charge on any atom is 0.248 e. The van der Waals surface area contributed by atoms with Gasteiger partial charge in [0, 0.05) is 34.3 Å². The molecule has 3 aromatic carbocycles. The van der Waals surface area contributed by atoms with Gasteiger partial charge in [-0.25, -0.2) is 12.8 Å². The van der Waals surface area contributed by atoms with Crippen molar-refractivity contribution in [1.29, 1.82) is 0 Å². The van der Waals surface area contributed by atoms with E-state index in [0.717, 1.165) is 22.8 Å². The van der Waals surface area contributed by atoms with E-state index in [1.165, 1.54) is 31.4 Å². The number of nitrogens with one attached hydrogen (secondary N) is 2. The average Bonchev–Trinajstić information content (AvgIpc) is 3.20. The molecule has 1 amide bonds. The molecule has 4 aromatic rings. The number of ether oxygens (including phenoxy) is 1. The normalized spacial score (nSPS) is 11.9. The molecule has 0 atom stereocenters. The second kappa shape index (κ2) is 9.63. The van der Waals surface area contributed by atoms with Crippen LogP contribution < -0.4 is 14.8 Å². The molecule has 0 aliphatic carbocycles. The molecule has 0 bridgehead atoms. The number of carbonyl (C=O) groups is 1. The number of carbonyl (C=O) groups excluding carboxylic acids is 1. The van der Waals surface area contributed by atoms with E-state index in [2.05, 4.69) is 10.0 Å². The molecule has 0 aliphatic heterocycles. The summed E-state index contributed by atoms with van der Waals surface area (Å²) in [6.45, 7) is 1.78. The minimum absolute atomic E-state index is 0.327. The summed E-state index contributed by atoms with van der Waals surface area (Å²) in [6.07, 6.45) is 4.08. The molecule has 2 N–H and O–H groups in total. The molecule has 7 nitrogen and oxygen atoms in total. The Kier molecular flexibility index (Phi) is 6.61. The van der Waals surface area contributed by atoms with Crippen molar-refractivity contribution in [3.05, 3.63) is 84.4 Å². The minimum atomic E-state index is -3.44. The van der Waals surface area contributed by atoms with Gasteiger partial charge < -0.3 is 14.5 Å². The molecule has 4 rings (SSSR count). The van der Waals surface area contributed by atoms with Crippen molar-refractivity contribution in [2.75, 3.05) is 23.4 Å². The van der Waals surface area contributed by atoms with E-state index in [0.29, 0.717) is 33.8 Å². The zero-order valence-corrected chi connectivity index (χ0v) is 20.1. The SMILES string of the molecule is COc1cc2occ(-c3ccc(F)cc3)c2cc1/C(C)=C/C(=O)Nc1cccc(NS(C)(=O)=O)c1. The predicted molar refractivity (Wildman–Crippen MR) is 135 cm³/mol. The van der Waals surface area contributed by atoms with Crippen LogP contribution in [0.2, 0.25) is 0 Å². The fourth-order valence-corrected chi connectivity index (χ4v) is 4.27. The van der Waals surface area contributed by atoms with Crippen LogP contribution >= 0.6 is 0 Å². The molecule has 0 radical (unpaired) electrons. The van der Waals surface area contributed by atoms with E-state index < -0.39 is 15.9 Å². The molecule has 0 saturated carbocycles. The minimum Gasteiger partial charge on any atom is -0.496 e. The average molecular weight is 495 g/mol. The molecule has 35 heavy (non-hydrogen) atoms. The maximum atomic E-state index is 13.4. The predicted octanol–water partition coefficient (Wildman–Crippen LogP) is 5.66. The number of rotatable bonds is 7. The molecule has 1 heterocycles. The summed E-state index contributed by atoms with van der Waals surface area (Å²) in [6, 6.07) is 16.1. The van der Waals surface area contributed by atoms with Crippen molar-refractivity contribution >= 4 is 43.8 Å². The molecular weight excluding hydrogens is 471 g/mol. The van der Waals surface area contributed by atoms with E-state index in [1.807, 2.05) is 6.07 Å². The fourth-order valence-electron chi connectivity index (χ4n) is 3.71. The topological polar surface area (TPSA) is 97.6 Å². The number of furan rings is 1. The Labute approximate surface area is 202 Å². The number of hydrogen-bond donors (Lipinski definition) is 2. The van der Waals surface area contributed by atoms with Crippen LogP contribution in [0.4, 0.5) is 15.8 Å². The molecule has 0 fully saturated rings. The van der Waals surface area contributed by atoms with Crippen LogP contribution in [-0.4, -0.2) is 27.7 Å². The van der Waals surface area contributed by atoms with Crippen molar-refractivity contribution in [2.24, 2.45) is 0 Å². The Morgan fingerprint density at radius 3 is 2.46 bits per heavy atom. The second-order valence-corrected chi connectivity index (χ2v) is 9.73. The van der Waals surface area contributed by atoms with Gasteiger partial charge in [0.1, 0.15) is 17.1 Å². The number of anilines is 2. The first kappa shape index (κ1) is 24.0. The fraction of sp³-hybridized carbons (Fsp3) is 0.115. The van der Waals surface area contributed by atoms with E-state index in [1.54, 1.807) is 49.6 Å². The Balaban J connectivity index is 1.64. The third-order valence-electron chi connectivity index (χ3n) is 5.26. The zero-order valence-electron chi connectivity index (χ0n) is 19.3. The van der Waals surface area contributed by atoms with Crippen molar-refractivity contribution in [3.63, 3.8) is 0 Å². The number of methoxy groups -OCH3 is 1. The number of allylic oxidation sites excluding steroid dienone is 1. The molecule has 180 valence electrons. The lowest BCUT2D eigenvalue weighted by molar-refractivity contribution is -0.111. The lowest BCUT2D eigenvalue weighted by Gasteiger charge is -2.11. The summed E-state index contributed by atoms with van der Waals surface area (Å²) in [5.41, 5.74) is 4.28. The third kappa shape index (κ3) is 5.70. The van der Waals surface area contributed by atoms with E-state index in [-0.39, 0.29) is 5.82 Å². The highest BCUT2D eigenvalue weighted by Crippen LogP contribution is 2.37. The van der Waals surface area contributed by atoms with Gasteiger partial charge in [-0.15, -0.1) is 0 Å². The van der Waals surface area contributed by atoms with Gasteiger partial charge in [0.2, 0.25) is 15.9 Å². The molecule has 0 aliphatic rings. The van der Waals surface area contributed by atoms with Crippen LogP contribution in [0.25, 0.3) is 27.7 Å². The second-order valence-electron chi connectivity index (χ2n) is 7.98. The lowest BCUT2D eigenvalue weighted by Crippen LogP contribution is -2.11. The van der Waals surface area contributed by atoms with Gasteiger partial charge in [-0.2, -0.15) is 0 Å². The van der Waals surface area contributed by atoms with E-state index >= 15 is 0 Å². The third-order valence-corrected chi connectivity index (χ3v) is 5.86. The van der Waals surface area contributed by atoms with Crippen LogP contribution in [0.3, 0.4) is 0 Å². The monoisotopic (exact) mass is 494 g/mol. The summed E-state index contributed by atoms with van der Waals surface area (Å²) in [5.74, 6) is -0.197. The number of amides is 1. The first-order valence-electron chi connectivity index (χ1n) is 10.6. The maximum absolute atomic E-state index is 13.4. The van der Waals surface area contributed by atoms with Gasteiger partial charge in [-0.05, 0) is 54.5 Å². The number of benzene rings is 3. The smallest absolute Gasteiger partial charge is 0.248 e. The first-order valence-corrected chi connectivity index (χ1v) is 12.4. The molecule has 0 saturated heterocycles. The largest absolute Gasteiger partial charge is 0.496 e. The highest BCUT2D eigenvalue weighted by molar-refractivity contribution is 7.92. The summed E-state index contributed by atoms with van der Waals surface area (Å²) in [4.78, 5) is 12.7. The van der Waals surface area contributed by atoms with Gasteiger partial charge >= 0.3 is 0 Å². The van der Waals surface area contributed by atoms with E-state index in [4.69, 9.17) is 9.15 Å². The van der Waals surface area contributed by atoms with Crippen LogP contribution in [0.15, 0.2) is 77.4 Å². The quantitative estimate of drug-likeness (QED) is 0.323. The van der Waals surface area contributed by atoms with Crippen LogP contribution in [-0.2, 0) is 14.8 Å². The number of halogens is 1. The zero-order chi connectivity index (χ0) is 25.2. The Morgan fingerprint density at radius 2 is 1.77 bits per heavy atom. The number of sulfonamides is 1. The molecule has 0 spiro atoms. The highest BCUT2D eigenvalue weighted by atomic mass is 32.2. The van der Waals surface area contributed by atoms with Gasteiger partial charge in [0.05, 0.1) is 25.3 Å². The number of hydrogen-bond acceptors (Lipinski definition) is 5. The first-order chi connectivity index (χ1) is 16.6. The number of fused-ring (bicyclic) bond motifs is 1. The summed E-state index contributed by atoms with van der Waals surface area (Å²) >= 11 is 0.